The number of amides is 2. The van der Waals surface area contributed by atoms with E-state index in [9.17, 15) is 18.4 Å². The number of hydrogen-bond acceptors (Lipinski definition) is 5. The Morgan fingerprint density at radius 2 is 2.03 bits per heavy atom. The van der Waals surface area contributed by atoms with E-state index in [1.54, 1.807) is 9.80 Å². The molecule has 2 saturated heterocycles. The summed E-state index contributed by atoms with van der Waals surface area (Å²) in [5.74, 6) is -1.28. The monoisotopic (exact) mass is 421 g/mol. The van der Waals surface area contributed by atoms with E-state index in [1.165, 1.54) is 17.4 Å². The van der Waals surface area contributed by atoms with Crippen molar-refractivity contribution in [1.29, 1.82) is 0 Å². The number of ether oxygens (including phenoxy) is 1. The fourth-order valence-electron chi connectivity index (χ4n) is 3.59. The van der Waals surface area contributed by atoms with E-state index < -0.39 is 11.6 Å². The number of nitrogens with zero attached hydrogens (tertiary/aromatic N) is 3. The van der Waals surface area contributed by atoms with Gasteiger partial charge in [-0.25, -0.2) is 13.8 Å². The van der Waals surface area contributed by atoms with Crippen molar-refractivity contribution in [3.05, 3.63) is 40.9 Å². The van der Waals surface area contributed by atoms with Gasteiger partial charge < -0.3 is 9.64 Å². The van der Waals surface area contributed by atoms with Gasteiger partial charge in [0.25, 0.3) is 0 Å². The van der Waals surface area contributed by atoms with Gasteiger partial charge in [-0.15, -0.1) is 11.3 Å². The molecular weight excluding hydrogens is 400 g/mol. The summed E-state index contributed by atoms with van der Waals surface area (Å²) in [4.78, 5) is 32.3. The highest BCUT2D eigenvalue weighted by molar-refractivity contribution is 7.14. The zero-order chi connectivity index (χ0) is 20.4. The van der Waals surface area contributed by atoms with E-state index in [2.05, 4.69) is 4.98 Å². The number of hydrogen-bond donors (Lipinski definition) is 0. The van der Waals surface area contributed by atoms with Crippen LogP contribution in [0.3, 0.4) is 0 Å². The lowest BCUT2D eigenvalue weighted by atomic mass is 10.1. The molecule has 0 atom stereocenters. The summed E-state index contributed by atoms with van der Waals surface area (Å²) in [6.07, 6.45) is 2.51. The number of thiazole rings is 1. The van der Waals surface area contributed by atoms with Crippen molar-refractivity contribution in [3.63, 3.8) is 0 Å². The number of piperidine rings is 1. The summed E-state index contributed by atoms with van der Waals surface area (Å²) in [6.45, 7) is 1.70. The van der Waals surface area contributed by atoms with Gasteiger partial charge in [0.2, 0.25) is 11.8 Å². The maximum Gasteiger partial charge on any atom is 0.228 e. The van der Waals surface area contributed by atoms with Crippen LogP contribution in [0.2, 0.25) is 0 Å². The molecule has 29 heavy (non-hydrogen) atoms. The van der Waals surface area contributed by atoms with Crippen molar-refractivity contribution in [2.45, 2.75) is 38.2 Å². The lowest BCUT2D eigenvalue weighted by molar-refractivity contribution is -0.132. The van der Waals surface area contributed by atoms with E-state index in [4.69, 9.17) is 4.74 Å². The molecule has 6 nitrogen and oxygen atoms in total. The molecule has 0 bridgehead atoms. The minimum absolute atomic E-state index is 0.0268. The first kappa shape index (κ1) is 19.8. The second kappa shape index (κ2) is 8.44. The van der Waals surface area contributed by atoms with Crippen molar-refractivity contribution in [1.82, 2.24) is 9.88 Å². The highest BCUT2D eigenvalue weighted by Gasteiger charge is 2.27. The highest BCUT2D eigenvalue weighted by Crippen LogP contribution is 2.26. The molecule has 2 fully saturated rings. The predicted molar refractivity (Wildman–Crippen MR) is 104 cm³/mol. The fraction of sp³-hybridized carbons (Fsp3) is 0.450. The third-order valence-electron chi connectivity index (χ3n) is 5.16. The maximum atomic E-state index is 13.7. The molecule has 154 valence electrons. The summed E-state index contributed by atoms with van der Waals surface area (Å²) >= 11 is 1.38. The van der Waals surface area contributed by atoms with Crippen LogP contribution in [0.15, 0.2) is 23.6 Å². The third-order valence-corrected chi connectivity index (χ3v) is 6.07. The van der Waals surface area contributed by atoms with Gasteiger partial charge in [0.1, 0.15) is 11.9 Å². The molecular formula is C20H21F2N3O3S. The molecule has 2 amide bonds. The average molecular weight is 421 g/mol. The third kappa shape index (κ3) is 4.55. The largest absolute Gasteiger partial charge is 0.487 e. The smallest absolute Gasteiger partial charge is 0.228 e. The predicted octanol–water partition coefficient (Wildman–Crippen LogP) is 3.16. The van der Waals surface area contributed by atoms with Gasteiger partial charge in [0.15, 0.2) is 16.7 Å². The highest BCUT2D eigenvalue weighted by atomic mass is 32.1. The molecule has 9 heteroatoms. The molecule has 0 saturated carbocycles. The molecule has 0 spiro atoms. The Labute approximate surface area is 171 Å². The second-order valence-corrected chi connectivity index (χ2v) is 8.06. The van der Waals surface area contributed by atoms with Crippen LogP contribution in [0.25, 0.3) is 0 Å². The molecule has 1 aromatic carbocycles. The maximum absolute atomic E-state index is 13.7. The first-order valence-corrected chi connectivity index (χ1v) is 10.5. The van der Waals surface area contributed by atoms with Crippen LogP contribution in [0.4, 0.5) is 13.9 Å². The minimum Gasteiger partial charge on any atom is -0.487 e. The molecule has 2 aliphatic rings. The van der Waals surface area contributed by atoms with E-state index in [1.807, 2.05) is 5.38 Å². The van der Waals surface area contributed by atoms with Gasteiger partial charge in [0.05, 0.1) is 12.1 Å². The van der Waals surface area contributed by atoms with Crippen LogP contribution >= 0.6 is 11.3 Å². The van der Waals surface area contributed by atoms with Crippen LogP contribution in [0.5, 0.6) is 5.75 Å². The van der Waals surface area contributed by atoms with Crippen molar-refractivity contribution in [2.75, 3.05) is 24.5 Å². The Morgan fingerprint density at radius 1 is 1.24 bits per heavy atom. The molecule has 0 unspecified atom stereocenters. The number of anilines is 1. The number of carbonyl (C=O) groups excluding carboxylic acids is 2. The molecule has 2 aromatic rings. The van der Waals surface area contributed by atoms with Gasteiger partial charge in [-0.3, -0.25) is 14.5 Å². The van der Waals surface area contributed by atoms with Gasteiger partial charge in [0, 0.05) is 50.3 Å². The first-order chi connectivity index (χ1) is 14.0. The Bertz CT molecular complexity index is 912. The van der Waals surface area contributed by atoms with Gasteiger partial charge in [-0.05, 0) is 18.6 Å². The van der Waals surface area contributed by atoms with Crippen molar-refractivity contribution < 1.29 is 23.1 Å². The number of likely N-dealkylation sites (tertiary alicyclic amines) is 1. The molecule has 3 heterocycles. The van der Waals surface area contributed by atoms with Crippen LogP contribution in [-0.4, -0.2) is 47.4 Å². The van der Waals surface area contributed by atoms with E-state index in [0.29, 0.717) is 49.7 Å². The van der Waals surface area contributed by atoms with E-state index in [-0.39, 0.29) is 30.1 Å². The lowest BCUT2D eigenvalue weighted by Gasteiger charge is -2.32. The Balaban J connectivity index is 1.28. The van der Waals surface area contributed by atoms with E-state index in [0.717, 1.165) is 18.6 Å². The van der Waals surface area contributed by atoms with Crippen molar-refractivity contribution in [2.24, 2.45) is 0 Å². The zero-order valence-corrected chi connectivity index (χ0v) is 16.6. The minimum atomic E-state index is -0.723. The van der Waals surface area contributed by atoms with Gasteiger partial charge in [-0.2, -0.15) is 0 Å². The first-order valence-electron chi connectivity index (χ1n) is 9.64. The normalized spacial score (nSPS) is 17.8. The zero-order valence-electron chi connectivity index (χ0n) is 15.8. The molecule has 0 radical (unpaired) electrons. The van der Waals surface area contributed by atoms with Crippen LogP contribution in [0, 0.1) is 11.6 Å². The Kier molecular flexibility index (Phi) is 5.75. The Hall–Kier alpha value is -2.55. The van der Waals surface area contributed by atoms with Gasteiger partial charge >= 0.3 is 0 Å². The summed E-state index contributed by atoms with van der Waals surface area (Å²) in [7, 11) is 0. The number of carbonyl (C=O) groups is 2. The fourth-order valence-corrected chi connectivity index (χ4v) is 4.46. The van der Waals surface area contributed by atoms with Crippen LogP contribution in [0.1, 0.15) is 31.4 Å². The topological polar surface area (TPSA) is 62.7 Å². The van der Waals surface area contributed by atoms with Crippen LogP contribution in [-0.2, 0) is 16.0 Å². The molecule has 0 N–H and O–H groups in total. The van der Waals surface area contributed by atoms with Gasteiger partial charge in [-0.1, -0.05) is 0 Å². The van der Waals surface area contributed by atoms with Crippen LogP contribution < -0.4 is 9.64 Å². The Morgan fingerprint density at radius 3 is 2.72 bits per heavy atom. The van der Waals surface area contributed by atoms with Crippen molar-refractivity contribution >= 4 is 28.3 Å². The van der Waals surface area contributed by atoms with Crippen molar-refractivity contribution in [3.8, 4) is 5.75 Å². The second-order valence-electron chi connectivity index (χ2n) is 7.22. The number of halogens is 2. The lowest BCUT2D eigenvalue weighted by Crippen LogP contribution is -2.42. The summed E-state index contributed by atoms with van der Waals surface area (Å²) < 4.78 is 32.4. The molecule has 4 rings (SSSR count). The summed E-state index contributed by atoms with van der Waals surface area (Å²) in [5.41, 5.74) is 0.668. The average Bonchev–Trinajstić information content (AvgIpc) is 3.33. The number of benzene rings is 1. The molecule has 0 aliphatic carbocycles. The quantitative estimate of drug-likeness (QED) is 0.744. The number of rotatable bonds is 5. The van der Waals surface area contributed by atoms with E-state index >= 15 is 0 Å². The molecule has 2 aliphatic heterocycles. The summed E-state index contributed by atoms with van der Waals surface area (Å²) in [6, 6.07) is 3.24. The number of aromatic nitrogens is 1. The standard InChI is InChI=1S/C20H21F2N3O3S/c21-13-3-4-17(16(22)10-13)28-15-5-8-24(9-6-15)19(27)11-14-12-29-20(23-14)25-7-1-2-18(25)26/h3-4,10,12,15H,1-2,5-9,11H2. The molecule has 1 aromatic heterocycles. The summed E-state index contributed by atoms with van der Waals surface area (Å²) in [5, 5.41) is 2.48. The SMILES string of the molecule is O=C(Cc1csc(N2CCCC2=O)n1)N1CCC(Oc2ccc(F)cc2F)CC1.